The van der Waals surface area contributed by atoms with Crippen molar-refractivity contribution in [2.45, 2.75) is 11.3 Å². The number of carbonyl (C=O) groups excluding carboxylic acids is 1. The second-order valence-corrected chi connectivity index (χ2v) is 9.90. The molecule has 3 aromatic carbocycles. The van der Waals surface area contributed by atoms with Crippen molar-refractivity contribution in [3.8, 4) is 5.75 Å². The summed E-state index contributed by atoms with van der Waals surface area (Å²) in [5.41, 5.74) is 2.65. The molecule has 7 nitrogen and oxygen atoms in total. The Labute approximate surface area is 201 Å². The van der Waals surface area contributed by atoms with Gasteiger partial charge in [-0.2, -0.15) is 0 Å². The average molecular weight is 480 g/mol. The zero-order chi connectivity index (χ0) is 24.0. The van der Waals surface area contributed by atoms with Gasteiger partial charge in [0.2, 0.25) is 10.0 Å². The average Bonchev–Trinajstić information content (AvgIpc) is 2.89. The fourth-order valence-electron chi connectivity index (χ4n) is 3.98. The third-order valence-corrected chi connectivity index (χ3v) is 7.44. The van der Waals surface area contributed by atoms with E-state index in [1.807, 2.05) is 59.5 Å². The Morgan fingerprint density at radius 2 is 1.53 bits per heavy atom. The molecule has 0 atom stereocenters. The summed E-state index contributed by atoms with van der Waals surface area (Å²) in [5.74, 6) is 0.727. The molecule has 0 aromatic heterocycles. The van der Waals surface area contributed by atoms with E-state index in [4.69, 9.17) is 4.74 Å². The first-order chi connectivity index (χ1) is 16.5. The van der Waals surface area contributed by atoms with Crippen molar-refractivity contribution in [2.24, 2.45) is 0 Å². The van der Waals surface area contributed by atoms with Gasteiger partial charge in [-0.05, 0) is 60.5 Å². The Bertz CT molecular complexity index is 1190. The summed E-state index contributed by atoms with van der Waals surface area (Å²) >= 11 is 0. The van der Waals surface area contributed by atoms with Crippen LogP contribution in [0.1, 0.15) is 15.9 Å². The topological polar surface area (TPSA) is 79.0 Å². The van der Waals surface area contributed by atoms with E-state index in [-0.39, 0.29) is 10.8 Å². The Morgan fingerprint density at radius 3 is 2.15 bits per heavy atom. The lowest BCUT2D eigenvalue weighted by Gasteiger charge is -2.36. The van der Waals surface area contributed by atoms with Crippen LogP contribution in [-0.4, -0.2) is 59.1 Å². The molecule has 1 heterocycles. The summed E-state index contributed by atoms with van der Waals surface area (Å²) in [6.07, 6.45) is 0.610. The van der Waals surface area contributed by atoms with Gasteiger partial charge in [-0.25, -0.2) is 13.1 Å². The Balaban J connectivity index is 1.31. The van der Waals surface area contributed by atoms with E-state index in [1.54, 1.807) is 19.2 Å². The first-order valence-corrected chi connectivity index (χ1v) is 12.8. The molecular weight excluding hydrogens is 450 g/mol. The van der Waals surface area contributed by atoms with Crippen molar-refractivity contribution in [3.05, 3.63) is 90.0 Å². The largest absolute Gasteiger partial charge is 0.497 e. The summed E-state index contributed by atoms with van der Waals surface area (Å²) in [5, 5.41) is 0. The molecule has 34 heavy (non-hydrogen) atoms. The minimum atomic E-state index is -3.63. The van der Waals surface area contributed by atoms with E-state index in [9.17, 15) is 13.2 Å². The molecule has 0 aliphatic carbocycles. The standard InChI is InChI=1S/C26H29N3O4S/c1-33-24-11-9-23(10-12-24)28-17-19-29(20-18-28)26(30)22-7-13-25(14-8-22)34(31,32)27-16-15-21-5-3-2-4-6-21/h2-14,27H,15-20H2,1H3. The molecule has 0 radical (unpaired) electrons. The highest BCUT2D eigenvalue weighted by Gasteiger charge is 2.23. The van der Waals surface area contributed by atoms with Crippen molar-refractivity contribution in [2.75, 3.05) is 44.7 Å². The van der Waals surface area contributed by atoms with Crippen LogP contribution in [0.25, 0.3) is 0 Å². The van der Waals surface area contributed by atoms with Crippen molar-refractivity contribution < 1.29 is 17.9 Å². The van der Waals surface area contributed by atoms with Crippen LogP contribution in [0.15, 0.2) is 83.8 Å². The smallest absolute Gasteiger partial charge is 0.253 e. The summed E-state index contributed by atoms with van der Waals surface area (Å²) in [6.45, 7) is 2.98. The van der Waals surface area contributed by atoms with Gasteiger partial charge in [-0.1, -0.05) is 30.3 Å². The monoisotopic (exact) mass is 479 g/mol. The molecule has 1 aliphatic heterocycles. The quantitative estimate of drug-likeness (QED) is 0.537. The van der Waals surface area contributed by atoms with Gasteiger partial charge in [0.15, 0.2) is 0 Å². The third kappa shape index (κ3) is 5.76. The Hall–Kier alpha value is -3.36. The molecule has 1 saturated heterocycles. The number of carbonyl (C=O) groups is 1. The van der Waals surface area contributed by atoms with Crippen molar-refractivity contribution in [1.29, 1.82) is 0 Å². The molecule has 0 spiro atoms. The molecule has 1 aliphatic rings. The molecule has 1 fully saturated rings. The number of nitrogens with one attached hydrogen (secondary N) is 1. The zero-order valence-electron chi connectivity index (χ0n) is 19.2. The highest BCUT2D eigenvalue weighted by molar-refractivity contribution is 7.89. The van der Waals surface area contributed by atoms with E-state index in [0.717, 1.165) is 30.1 Å². The van der Waals surface area contributed by atoms with Gasteiger partial charge in [0, 0.05) is 44.0 Å². The molecule has 178 valence electrons. The second-order valence-electron chi connectivity index (χ2n) is 8.14. The first-order valence-electron chi connectivity index (χ1n) is 11.3. The summed E-state index contributed by atoms with van der Waals surface area (Å²) in [7, 11) is -1.99. The Morgan fingerprint density at radius 1 is 0.882 bits per heavy atom. The van der Waals surface area contributed by atoms with Crippen molar-refractivity contribution in [3.63, 3.8) is 0 Å². The molecule has 0 unspecified atom stereocenters. The first kappa shape index (κ1) is 23.8. The number of nitrogens with zero attached hydrogens (tertiary/aromatic N) is 2. The molecule has 8 heteroatoms. The van der Waals surface area contributed by atoms with Gasteiger partial charge >= 0.3 is 0 Å². The number of methoxy groups -OCH3 is 1. The number of hydrogen-bond donors (Lipinski definition) is 1. The van der Waals surface area contributed by atoms with Crippen LogP contribution in [0.5, 0.6) is 5.75 Å². The number of sulfonamides is 1. The molecular formula is C26H29N3O4S. The van der Waals surface area contributed by atoms with Crippen LogP contribution in [0.4, 0.5) is 5.69 Å². The second kappa shape index (κ2) is 10.7. The normalized spacial score (nSPS) is 14.1. The highest BCUT2D eigenvalue weighted by atomic mass is 32.2. The van der Waals surface area contributed by atoms with Crippen LogP contribution >= 0.6 is 0 Å². The van der Waals surface area contributed by atoms with Crippen LogP contribution in [-0.2, 0) is 16.4 Å². The van der Waals surface area contributed by atoms with E-state index < -0.39 is 10.0 Å². The lowest BCUT2D eigenvalue weighted by atomic mass is 10.1. The van der Waals surface area contributed by atoms with Crippen LogP contribution in [0.3, 0.4) is 0 Å². The van der Waals surface area contributed by atoms with Crippen LogP contribution in [0, 0.1) is 0 Å². The maximum Gasteiger partial charge on any atom is 0.253 e. The molecule has 0 bridgehead atoms. The fraction of sp³-hybridized carbons (Fsp3) is 0.269. The number of piperazine rings is 1. The Kier molecular flexibility index (Phi) is 7.49. The SMILES string of the molecule is COc1ccc(N2CCN(C(=O)c3ccc(S(=O)(=O)NCCc4ccccc4)cc3)CC2)cc1. The number of ether oxygens (including phenoxy) is 1. The number of hydrogen-bond acceptors (Lipinski definition) is 5. The number of rotatable bonds is 8. The number of amides is 1. The molecule has 1 N–H and O–H groups in total. The lowest BCUT2D eigenvalue weighted by molar-refractivity contribution is 0.0746. The maximum absolute atomic E-state index is 12.9. The van der Waals surface area contributed by atoms with Crippen LogP contribution in [0.2, 0.25) is 0 Å². The van der Waals surface area contributed by atoms with E-state index in [2.05, 4.69) is 9.62 Å². The molecule has 3 aromatic rings. The van der Waals surface area contributed by atoms with E-state index in [0.29, 0.717) is 31.6 Å². The summed E-state index contributed by atoms with van der Waals surface area (Å²) in [6, 6.07) is 23.8. The maximum atomic E-state index is 12.9. The van der Waals surface area contributed by atoms with Gasteiger partial charge in [0.05, 0.1) is 12.0 Å². The van der Waals surface area contributed by atoms with Crippen LogP contribution < -0.4 is 14.4 Å². The van der Waals surface area contributed by atoms with Gasteiger partial charge in [-0.15, -0.1) is 0 Å². The van der Waals surface area contributed by atoms with E-state index >= 15 is 0 Å². The predicted octanol–water partition coefficient (Wildman–Crippen LogP) is 3.18. The van der Waals surface area contributed by atoms with Gasteiger partial charge < -0.3 is 14.5 Å². The molecule has 4 rings (SSSR count). The predicted molar refractivity (Wildman–Crippen MR) is 133 cm³/mol. The number of anilines is 1. The van der Waals surface area contributed by atoms with E-state index in [1.165, 1.54) is 12.1 Å². The van der Waals surface area contributed by atoms with Crippen molar-refractivity contribution in [1.82, 2.24) is 9.62 Å². The van der Waals surface area contributed by atoms with Crippen molar-refractivity contribution >= 4 is 21.6 Å². The summed E-state index contributed by atoms with van der Waals surface area (Å²) < 4.78 is 33.0. The molecule has 1 amide bonds. The van der Waals surface area contributed by atoms with Gasteiger partial charge in [0.25, 0.3) is 5.91 Å². The number of benzene rings is 3. The lowest BCUT2D eigenvalue weighted by Crippen LogP contribution is -2.48. The molecule has 0 saturated carbocycles. The minimum Gasteiger partial charge on any atom is -0.497 e. The highest BCUT2D eigenvalue weighted by Crippen LogP contribution is 2.21. The minimum absolute atomic E-state index is 0.0876. The summed E-state index contributed by atoms with van der Waals surface area (Å²) in [4.78, 5) is 17.1. The van der Waals surface area contributed by atoms with Gasteiger partial charge in [-0.3, -0.25) is 4.79 Å². The zero-order valence-corrected chi connectivity index (χ0v) is 20.0. The van der Waals surface area contributed by atoms with Gasteiger partial charge in [0.1, 0.15) is 5.75 Å². The third-order valence-electron chi connectivity index (χ3n) is 5.96. The fourth-order valence-corrected chi connectivity index (χ4v) is 5.01.